The first-order valence-corrected chi connectivity index (χ1v) is 8.84. The Balaban J connectivity index is 1.72. The summed E-state index contributed by atoms with van der Waals surface area (Å²) in [4.78, 5) is 28.8. The molecule has 2 N–H and O–H groups in total. The van der Waals surface area contributed by atoms with E-state index in [1.165, 1.54) is 7.11 Å². The number of hydrogen-bond acceptors (Lipinski definition) is 7. The molecule has 8 nitrogen and oxygen atoms in total. The minimum atomic E-state index is -0.258. The molecule has 0 bridgehead atoms. The second kappa shape index (κ2) is 9.80. The molecule has 2 amide bonds. The maximum Gasteiger partial charge on any atom is 0.252 e. The van der Waals surface area contributed by atoms with Crippen molar-refractivity contribution in [2.75, 3.05) is 18.7 Å². The highest BCUT2D eigenvalue weighted by Crippen LogP contribution is 2.24. The number of rotatable bonds is 9. The maximum absolute atomic E-state index is 12.0. The predicted octanol–water partition coefficient (Wildman–Crippen LogP) is 1.97. The number of benzene rings is 1. The minimum absolute atomic E-state index is 0.0794. The SMILES string of the molecule is COCc1nc(CNC(=O)CCC(=O)Nc2ccccc2SC)no1. The van der Waals surface area contributed by atoms with Crippen LogP contribution in [0.25, 0.3) is 0 Å². The van der Waals surface area contributed by atoms with Gasteiger partial charge >= 0.3 is 0 Å². The van der Waals surface area contributed by atoms with E-state index in [9.17, 15) is 9.59 Å². The van der Waals surface area contributed by atoms with Crippen molar-refractivity contribution in [3.63, 3.8) is 0 Å². The summed E-state index contributed by atoms with van der Waals surface area (Å²) in [6, 6.07) is 7.52. The lowest BCUT2D eigenvalue weighted by Gasteiger charge is -2.09. The van der Waals surface area contributed by atoms with Crippen molar-refractivity contribution in [1.82, 2.24) is 15.5 Å². The molecule has 0 aliphatic heterocycles. The van der Waals surface area contributed by atoms with Crippen molar-refractivity contribution in [3.05, 3.63) is 36.0 Å². The van der Waals surface area contributed by atoms with E-state index in [4.69, 9.17) is 9.26 Å². The van der Waals surface area contributed by atoms with Crippen LogP contribution in [0.1, 0.15) is 24.6 Å². The van der Waals surface area contributed by atoms with Gasteiger partial charge in [-0.3, -0.25) is 9.59 Å². The predicted molar refractivity (Wildman–Crippen MR) is 92.9 cm³/mol. The van der Waals surface area contributed by atoms with Gasteiger partial charge in [0.05, 0.1) is 12.2 Å². The number of amides is 2. The fourth-order valence-corrected chi connectivity index (χ4v) is 2.55. The number of methoxy groups -OCH3 is 1. The number of ether oxygens (including phenoxy) is 1. The van der Waals surface area contributed by atoms with Crippen molar-refractivity contribution in [3.8, 4) is 0 Å². The molecule has 0 aliphatic carbocycles. The molecule has 2 rings (SSSR count). The molecule has 0 atom stereocenters. The number of nitrogens with zero attached hydrogens (tertiary/aromatic N) is 2. The van der Waals surface area contributed by atoms with E-state index in [1.54, 1.807) is 11.8 Å². The van der Waals surface area contributed by atoms with Crippen LogP contribution in [0.15, 0.2) is 33.7 Å². The summed E-state index contributed by atoms with van der Waals surface area (Å²) >= 11 is 1.55. The Labute approximate surface area is 149 Å². The highest BCUT2D eigenvalue weighted by molar-refractivity contribution is 7.98. The molecule has 2 aromatic rings. The van der Waals surface area contributed by atoms with Crippen molar-refractivity contribution in [2.45, 2.75) is 30.9 Å². The monoisotopic (exact) mass is 364 g/mol. The van der Waals surface area contributed by atoms with Crippen molar-refractivity contribution in [1.29, 1.82) is 0 Å². The van der Waals surface area contributed by atoms with Crippen LogP contribution in [0, 0.1) is 0 Å². The second-order valence-corrected chi connectivity index (χ2v) is 5.91. The Bertz CT molecular complexity index is 720. The van der Waals surface area contributed by atoms with Crippen LogP contribution in [-0.4, -0.2) is 35.3 Å². The molecule has 0 unspecified atom stereocenters. The number of nitrogens with one attached hydrogen (secondary N) is 2. The highest BCUT2D eigenvalue weighted by atomic mass is 32.2. The van der Waals surface area contributed by atoms with Gasteiger partial charge in [0.15, 0.2) is 5.82 Å². The summed E-state index contributed by atoms with van der Waals surface area (Å²) in [5.74, 6) is 0.238. The van der Waals surface area contributed by atoms with E-state index in [1.807, 2.05) is 30.5 Å². The fraction of sp³-hybridized carbons (Fsp3) is 0.375. The number of aromatic nitrogens is 2. The van der Waals surface area contributed by atoms with Gasteiger partial charge in [0.1, 0.15) is 6.61 Å². The molecule has 1 heterocycles. The average Bonchev–Trinajstić information content (AvgIpc) is 3.06. The van der Waals surface area contributed by atoms with Gasteiger partial charge in [-0.1, -0.05) is 17.3 Å². The molecule has 25 heavy (non-hydrogen) atoms. The van der Waals surface area contributed by atoms with Gasteiger partial charge in [0.2, 0.25) is 11.8 Å². The maximum atomic E-state index is 12.0. The molecule has 0 fully saturated rings. The van der Waals surface area contributed by atoms with Crippen LogP contribution in [0.5, 0.6) is 0 Å². The first kappa shape index (κ1) is 18.9. The quantitative estimate of drug-likeness (QED) is 0.655. The van der Waals surface area contributed by atoms with Crippen LogP contribution in [0.3, 0.4) is 0 Å². The molecular weight excluding hydrogens is 344 g/mol. The van der Waals surface area contributed by atoms with Gasteiger partial charge in [0, 0.05) is 24.8 Å². The lowest BCUT2D eigenvalue weighted by molar-refractivity contribution is -0.124. The van der Waals surface area contributed by atoms with Gasteiger partial charge in [-0.25, -0.2) is 0 Å². The lowest BCUT2D eigenvalue weighted by atomic mass is 10.2. The number of anilines is 1. The minimum Gasteiger partial charge on any atom is -0.375 e. The summed E-state index contributed by atoms with van der Waals surface area (Å²) in [6.45, 7) is 0.363. The fourth-order valence-electron chi connectivity index (χ4n) is 2.00. The van der Waals surface area contributed by atoms with E-state index in [-0.39, 0.29) is 37.8 Å². The Hall–Kier alpha value is -2.39. The van der Waals surface area contributed by atoms with E-state index in [2.05, 4.69) is 20.8 Å². The first-order valence-electron chi connectivity index (χ1n) is 7.62. The zero-order valence-corrected chi connectivity index (χ0v) is 14.9. The van der Waals surface area contributed by atoms with Crippen molar-refractivity contribution in [2.24, 2.45) is 0 Å². The summed E-state index contributed by atoms with van der Waals surface area (Å²) in [6.07, 6.45) is 2.11. The van der Waals surface area contributed by atoms with Crippen LogP contribution in [-0.2, 0) is 27.5 Å². The Morgan fingerprint density at radius 2 is 2.00 bits per heavy atom. The largest absolute Gasteiger partial charge is 0.375 e. The standard InChI is InChI=1S/C16H20N4O4S/c1-23-10-16-19-13(20-24-16)9-17-14(21)7-8-15(22)18-11-5-3-4-6-12(11)25-2/h3-6H,7-10H2,1-2H3,(H,17,21)(H,18,22). The molecule has 0 spiro atoms. The summed E-state index contributed by atoms with van der Waals surface area (Å²) in [5.41, 5.74) is 0.748. The second-order valence-electron chi connectivity index (χ2n) is 5.06. The van der Waals surface area contributed by atoms with Gasteiger partial charge < -0.3 is 19.9 Å². The van der Waals surface area contributed by atoms with Crippen LogP contribution >= 0.6 is 11.8 Å². The third kappa shape index (κ3) is 6.20. The van der Waals surface area contributed by atoms with E-state index in [0.717, 1.165) is 10.6 Å². The lowest BCUT2D eigenvalue weighted by Crippen LogP contribution is -2.25. The molecule has 134 valence electrons. The van der Waals surface area contributed by atoms with Crippen LogP contribution in [0.2, 0.25) is 0 Å². The number of carbonyl (C=O) groups is 2. The van der Waals surface area contributed by atoms with Gasteiger partial charge in [0.25, 0.3) is 5.89 Å². The molecular formula is C16H20N4O4S. The Morgan fingerprint density at radius 3 is 2.76 bits per heavy atom. The van der Waals surface area contributed by atoms with Gasteiger partial charge in [-0.2, -0.15) is 4.98 Å². The zero-order valence-electron chi connectivity index (χ0n) is 14.1. The molecule has 0 aliphatic rings. The molecule has 0 saturated carbocycles. The number of para-hydroxylation sites is 1. The summed E-state index contributed by atoms with van der Waals surface area (Å²) in [5, 5.41) is 9.18. The highest BCUT2D eigenvalue weighted by Gasteiger charge is 2.11. The zero-order chi connectivity index (χ0) is 18.1. The Morgan fingerprint density at radius 1 is 1.24 bits per heavy atom. The topological polar surface area (TPSA) is 106 Å². The van der Waals surface area contributed by atoms with Crippen LogP contribution < -0.4 is 10.6 Å². The smallest absolute Gasteiger partial charge is 0.252 e. The van der Waals surface area contributed by atoms with Crippen LogP contribution in [0.4, 0.5) is 5.69 Å². The molecule has 1 aromatic heterocycles. The molecule has 0 saturated heterocycles. The molecule has 0 radical (unpaired) electrons. The number of thioether (sulfide) groups is 1. The normalized spacial score (nSPS) is 10.5. The third-order valence-electron chi connectivity index (χ3n) is 3.18. The van der Waals surface area contributed by atoms with E-state index >= 15 is 0 Å². The summed E-state index contributed by atoms with van der Waals surface area (Å²) < 4.78 is 9.79. The first-order chi connectivity index (χ1) is 12.1. The number of carbonyl (C=O) groups excluding carboxylic acids is 2. The van der Waals surface area contributed by atoms with E-state index in [0.29, 0.717) is 11.7 Å². The van der Waals surface area contributed by atoms with Crippen molar-refractivity contribution >= 4 is 29.3 Å². The number of hydrogen-bond donors (Lipinski definition) is 2. The third-order valence-corrected chi connectivity index (χ3v) is 3.98. The van der Waals surface area contributed by atoms with Crippen molar-refractivity contribution < 1.29 is 18.8 Å². The van der Waals surface area contributed by atoms with E-state index < -0.39 is 0 Å². The Kier molecular flexibility index (Phi) is 7.42. The van der Waals surface area contributed by atoms with Gasteiger partial charge in [-0.05, 0) is 18.4 Å². The van der Waals surface area contributed by atoms with Gasteiger partial charge in [-0.15, -0.1) is 11.8 Å². The summed E-state index contributed by atoms with van der Waals surface area (Å²) in [7, 11) is 1.52. The average molecular weight is 364 g/mol. The molecule has 1 aromatic carbocycles. The molecule has 9 heteroatoms.